The van der Waals surface area contributed by atoms with Gasteiger partial charge in [0.05, 0.1) is 13.3 Å². The zero-order valence-electron chi connectivity index (χ0n) is 16.5. The Hall–Kier alpha value is -2.31. The van der Waals surface area contributed by atoms with Gasteiger partial charge < -0.3 is 14.8 Å². The lowest BCUT2D eigenvalue weighted by Crippen LogP contribution is -2.40. The van der Waals surface area contributed by atoms with Crippen molar-refractivity contribution in [3.63, 3.8) is 0 Å². The van der Waals surface area contributed by atoms with E-state index in [4.69, 9.17) is 33.3 Å². The summed E-state index contributed by atoms with van der Waals surface area (Å²) in [6, 6.07) is 13.7. The van der Waals surface area contributed by atoms with Gasteiger partial charge in [0.25, 0.3) is 0 Å². The molecule has 1 aliphatic carbocycles. The predicted molar refractivity (Wildman–Crippen MR) is 122 cm³/mol. The summed E-state index contributed by atoms with van der Waals surface area (Å²) in [4.78, 5) is 0. The van der Waals surface area contributed by atoms with Crippen LogP contribution in [-0.4, -0.2) is 24.5 Å². The first-order chi connectivity index (χ1) is 14.2. The third-order valence-corrected chi connectivity index (χ3v) is 5.30. The van der Waals surface area contributed by atoms with Crippen LogP contribution in [0.1, 0.15) is 43.2 Å². The number of para-hydroxylation sites is 1. The molecule has 2 aromatic carbocycles. The van der Waals surface area contributed by atoms with Crippen LogP contribution in [0.2, 0.25) is 5.02 Å². The maximum Gasteiger partial charge on any atom is 0.187 e. The number of ether oxygens (including phenoxy) is 2. The smallest absolute Gasteiger partial charge is 0.187 e. The molecular formula is C22H26ClN3O2S. The Kier molecular flexibility index (Phi) is 8.14. The molecule has 7 heteroatoms. The molecule has 29 heavy (non-hydrogen) atoms. The van der Waals surface area contributed by atoms with Crippen LogP contribution in [0, 0.1) is 0 Å². The molecule has 0 spiro atoms. The van der Waals surface area contributed by atoms with Crippen molar-refractivity contribution in [2.45, 2.75) is 44.8 Å². The third kappa shape index (κ3) is 6.61. The van der Waals surface area contributed by atoms with Crippen molar-refractivity contribution in [1.82, 2.24) is 10.7 Å². The van der Waals surface area contributed by atoms with E-state index in [0.29, 0.717) is 34.3 Å². The van der Waals surface area contributed by atoms with E-state index in [1.165, 1.54) is 19.3 Å². The summed E-state index contributed by atoms with van der Waals surface area (Å²) < 4.78 is 11.5. The molecule has 1 aliphatic rings. The molecule has 0 heterocycles. The summed E-state index contributed by atoms with van der Waals surface area (Å²) in [5.74, 6) is 1.27. The Balaban J connectivity index is 1.62. The summed E-state index contributed by atoms with van der Waals surface area (Å²) >= 11 is 11.3. The van der Waals surface area contributed by atoms with Crippen molar-refractivity contribution in [2.75, 3.05) is 7.11 Å². The fourth-order valence-corrected chi connectivity index (χ4v) is 3.66. The Morgan fingerprint density at radius 1 is 1.17 bits per heavy atom. The van der Waals surface area contributed by atoms with Crippen molar-refractivity contribution >= 4 is 35.1 Å². The van der Waals surface area contributed by atoms with Gasteiger partial charge in [-0.1, -0.05) is 49.1 Å². The van der Waals surface area contributed by atoms with Gasteiger partial charge >= 0.3 is 0 Å². The monoisotopic (exact) mass is 431 g/mol. The summed E-state index contributed by atoms with van der Waals surface area (Å²) in [6.45, 7) is 0.396. The predicted octanol–water partition coefficient (Wildman–Crippen LogP) is 5.06. The average molecular weight is 432 g/mol. The Labute approximate surface area is 182 Å². The van der Waals surface area contributed by atoms with Crippen molar-refractivity contribution in [2.24, 2.45) is 5.10 Å². The molecule has 3 rings (SSSR count). The number of methoxy groups -OCH3 is 1. The highest BCUT2D eigenvalue weighted by atomic mass is 35.5. The number of hydrogen-bond donors (Lipinski definition) is 2. The molecule has 0 amide bonds. The minimum absolute atomic E-state index is 0.396. The lowest BCUT2D eigenvalue weighted by molar-refractivity contribution is 0.284. The number of halogens is 1. The Morgan fingerprint density at radius 3 is 2.66 bits per heavy atom. The molecule has 0 unspecified atom stereocenters. The first-order valence-electron chi connectivity index (χ1n) is 9.79. The quantitative estimate of drug-likeness (QED) is 0.364. The van der Waals surface area contributed by atoms with Crippen LogP contribution in [-0.2, 0) is 6.61 Å². The molecule has 0 saturated heterocycles. The largest absolute Gasteiger partial charge is 0.493 e. The molecule has 0 radical (unpaired) electrons. The van der Waals surface area contributed by atoms with Crippen molar-refractivity contribution in [1.29, 1.82) is 0 Å². The van der Waals surface area contributed by atoms with Crippen LogP contribution in [0.15, 0.2) is 47.6 Å². The highest BCUT2D eigenvalue weighted by Gasteiger charge is 2.14. The minimum atomic E-state index is 0.396. The van der Waals surface area contributed by atoms with Crippen molar-refractivity contribution in [3.8, 4) is 11.5 Å². The number of benzene rings is 2. The minimum Gasteiger partial charge on any atom is -0.493 e. The number of nitrogens with one attached hydrogen (secondary N) is 2. The zero-order valence-corrected chi connectivity index (χ0v) is 18.1. The lowest BCUT2D eigenvalue weighted by Gasteiger charge is -2.23. The van der Waals surface area contributed by atoms with Gasteiger partial charge in [0.2, 0.25) is 0 Å². The lowest BCUT2D eigenvalue weighted by atomic mass is 9.96. The zero-order chi connectivity index (χ0) is 20.5. The number of rotatable bonds is 7. The molecule has 0 aliphatic heterocycles. The number of thiocarbonyl (C=S) groups is 1. The summed E-state index contributed by atoms with van der Waals surface area (Å²) in [5, 5.41) is 8.85. The van der Waals surface area contributed by atoms with E-state index in [9.17, 15) is 0 Å². The highest BCUT2D eigenvalue weighted by Crippen LogP contribution is 2.31. The molecule has 154 valence electrons. The van der Waals surface area contributed by atoms with Crippen LogP contribution in [0.25, 0.3) is 0 Å². The molecule has 0 aromatic heterocycles. The second kappa shape index (κ2) is 11.0. The number of hydrazone groups is 1. The Morgan fingerprint density at radius 2 is 1.93 bits per heavy atom. The Bertz CT molecular complexity index is 836. The van der Waals surface area contributed by atoms with Gasteiger partial charge in [-0.25, -0.2) is 0 Å². The molecular weight excluding hydrogens is 406 g/mol. The second-order valence-corrected chi connectivity index (χ2v) is 7.82. The van der Waals surface area contributed by atoms with E-state index >= 15 is 0 Å². The topological polar surface area (TPSA) is 54.9 Å². The number of nitrogens with zero attached hydrogens (tertiary/aromatic N) is 1. The molecule has 1 fully saturated rings. The maximum absolute atomic E-state index is 6.03. The second-order valence-electron chi connectivity index (χ2n) is 6.97. The van der Waals surface area contributed by atoms with Gasteiger partial charge in [-0.15, -0.1) is 0 Å². The summed E-state index contributed by atoms with van der Waals surface area (Å²) in [6.07, 6.45) is 7.82. The molecule has 0 bridgehead atoms. The number of hydrogen-bond acceptors (Lipinski definition) is 4. The average Bonchev–Trinajstić information content (AvgIpc) is 2.74. The van der Waals surface area contributed by atoms with E-state index in [1.807, 2.05) is 42.5 Å². The molecule has 2 N–H and O–H groups in total. The summed E-state index contributed by atoms with van der Waals surface area (Å²) in [7, 11) is 1.62. The van der Waals surface area contributed by atoms with Crippen LogP contribution in [0.4, 0.5) is 0 Å². The third-order valence-electron chi connectivity index (χ3n) is 4.84. The van der Waals surface area contributed by atoms with E-state index < -0.39 is 0 Å². The van der Waals surface area contributed by atoms with Crippen LogP contribution < -0.4 is 20.2 Å². The normalized spacial score (nSPS) is 14.6. The molecule has 0 atom stereocenters. The van der Waals surface area contributed by atoms with Crippen LogP contribution in [0.3, 0.4) is 0 Å². The van der Waals surface area contributed by atoms with Crippen molar-refractivity contribution < 1.29 is 9.47 Å². The van der Waals surface area contributed by atoms with Crippen molar-refractivity contribution in [3.05, 3.63) is 58.6 Å². The van der Waals surface area contributed by atoms with E-state index in [-0.39, 0.29) is 0 Å². The fraction of sp³-hybridized carbons (Fsp3) is 0.364. The van der Waals surface area contributed by atoms with Gasteiger partial charge in [-0.3, -0.25) is 5.43 Å². The first-order valence-corrected chi connectivity index (χ1v) is 10.6. The van der Waals surface area contributed by atoms with Gasteiger partial charge in [-0.05, 0) is 54.9 Å². The highest BCUT2D eigenvalue weighted by molar-refractivity contribution is 7.80. The van der Waals surface area contributed by atoms with E-state index in [0.717, 1.165) is 24.0 Å². The maximum atomic E-state index is 6.03. The van der Waals surface area contributed by atoms with Crippen LogP contribution >= 0.6 is 23.8 Å². The SMILES string of the molecule is COc1cccc(/C=N/NC(=S)NC2CCCCC2)c1OCc1ccc(Cl)cc1. The summed E-state index contributed by atoms with van der Waals surface area (Å²) in [5.41, 5.74) is 4.71. The van der Waals surface area contributed by atoms with Gasteiger partial charge in [0, 0.05) is 16.6 Å². The fourth-order valence-electron chi connectivity index (χ4n) is 3.31. The first kappa shape index (κ1) is 21.4. The van der Waals surface area contributed by atoms with E-state index in [1.54, 1.807) is 13.3 Å². The van der Waals surface area contributed by atoms with Gasteiger partial charge in [0.15, 0.2) is 16.6 Å². The standard InChI is InChI=1S/C22H26ClN3O2S/c1-27-20-9-5-6-17(21(20)28-15-16-10-12-18(23)13-11-16)14-24-26-22(29)25-19-7-3-2-4-8-19/h5-6,9-14,19H,2-4,7-8,15H2,1H3,(H2,25,26,29)/b24-14+. The van der Waals surface area contributed by atoms with Gasteiger partial charge in [-0.2, -0.15) is 5.10 Å². The molecule has 5 nitrogen and oxygen atoms in total. The molecule has 1 saturated carbocycles. The van der Waals surface area contributed by atoms with Crippen LogP contribution in [0.5, 0.6) is 11.5 Å². The van der Waals surface area contributed by atoms with E-state index in [2.05, 4.69) is 15.8 Å². The van der Waals surface area contributed by atoms with Gasteiger partial charge in [0.1, 0.15) is 6.61 Å². The molecule has 2 aromatic rings.